The summed E-state index contributed by atoms with van der Waals surface area (Å²) in [4.78, 5) is 38.0. The predicted molar refractivity (Wildman–Crippen MR) is 274 cm³/mol. The molecule has 0 heterocycles. The Kier molecular flexibility index (Phi) is 48.1. The van der Waals surface area contributed by atoms with E-state index in [1.165, 1.54) is 19.3 Å². The Labute approximate surface area is 392 Å². The van der Waals surface area contributed by atoms with Gasteiger partial charge in [0.15, 0.2) is 6.10 Å². The number of unbranched alkanes of at least 4 members (excludes halogenated alkanes) is 13. The van der Waals surface area contributed by atoms with E-state index in [1.54, 1.807) is 0 Å². The van der Waals surface area contributed by atoms with Crippen LogP contribution < -0.4 is 0 Å². The summed E-state index contributed by atoms with van der Waals surface area (Å²) in [6, 6.07) is 0. The lowest BCUT2D eigenvalue weighted by molar-refractivity contribution is -0.167. The average Bonchev–Trinajstić information content (AvgIpc) is 3.29. The first kappa shape index (κ1) is 59.8. The van der Waals surface area contributed by atoms with Gasteiger partial charge in [-0.3, -0.25) is 14.4 Å². The summed E-state index contributed by atoms with van der Waals surface area (Å²) in [5.74, 6) is -1.01. The number of esters is 3. The van der Waals surface area contributed by atoms with Crippen molar-refractivity contribution < 1.29 is 28.6 Å². The number of allylic oxidation sites excluding steroid dienone is 20. The Morgan fingerprint density at radius 3 is 1.02 bits per heavy atom. The lowest BCUT2D eigenvalue weighted by Crippen LogP contribution is -2.30. The molecule has 64 heavy (non-hydrogen) atoms. The van der Waals surface area contributed by atoms with Gasteiger partial charge in [-0.05, 0) is 116 Å². The number of rotatable bonds is 44. The number of hydrogen-bond donors (Lipinski definition) is 0. The molecule has 0 aromatic rings. The number of carbonyl (C=O) groups excluding carboxylic acids is 3. The molecule has 0 fully saturated rings. The molecule has 0 aliphatic carbocycles. The maximum absolute atomic E-state index is 12.8. The summed E-state index contributed by atoms with van der Waals surface area (Å²) < 4.78 is 16.7. The fourth-order valence-electron chi connectivity index (χ4n) is 6.39. The van der Waals surface area contributed by atoms with Crippen molar-refractivity contribution in [2.24, 2.45) is 0 Å². The topological polar surface area (TPSA) is 78.9 Å². The molecule has 0 bridgehead atoms. The van der Waals surface area contributed by atoms with E-state index in [1.807, 2.05) is 0 Å². The fraction of sp³-hybridized carbons (Fsp3) is 0.603. The average molecular weight is 885 g/mol. The van der Waals surface area contributed by atoms with Crippen LogP contribution in [-0.2, 0) is 28.6 Å². The molecule has 6 heteroatoms. The molecule has 0 aliphatic heterocycles. The Balaban J connectivity index is 4.55. The number of carbonyl (C=O) groups is 3. The van der Waals surface area contributed by atoms with Crippen LogP contribution in [0, 0.1) is 0 Å². The third-order valence-electron chi connectivity index (χ3n) is 10.2. The maximum atomic E-state index is 12.8. The lowest BCUT2D eigenvalue weighted by atomic mass is 10.1. The van der Waals surface area contributed by atoms with Crippen LogP contribution in [0.15, 0.2) is 122 Å². The highest BCUT2D eigenvalue weighted by Crippen LogP contribution is 2.12. The molecule has 360 valence electrons. The maximum Gasteiger partial charge on any atom is 0.306 e. The second-order valence-corrected chi connectivity index (χ2v) is 16.3. The third kappa shape index (κ3) is 48.8. The minimum Gasteiger partial charge on any atom is -0.462 e. The van der Waals surface area contributed by atoms with Gasteiger partial charge in [-0.2, -0.15) is 0 Å². The molecule has 0 N–H and O–H groups in total. The molecule has 0 radical (unpaired) electrons. The second-order valence-electron chi connectivity index (χ2n) is 16.3. The van der Waals surface area contributed by atoms with E-state index in [2.05, 4.69) is 142 Å². The summed E-state index contributed by atoms with van der Waals surface area (Å²) in [5, 5.41) is 0. The van der Waals surface area contributed by atoms with Gasteiger partial charge in [-0.15, -0.1) is 0 Å². The van der Waals surface area contributed by atoms with Crippen LogP contribution in [0.4, 0.5) is 0 Å². The zero-order valence-corrected chi connectivity index (χ0v) is 41.0. The zero-order chi connectivity index (χ0) is 46.5. The molecule has 0 rings (SSSR count). The summed E-state index contributed by atoms with van der Waals surface area (Å²) >= 11 is 0. The number of ether oxygens (including phenoxy) is 3. The first-order valence-electron chi connectivity index (χ1n) is 25.5. The van der Waals surface area contributed by atoms with Crippen LogP contribution in [0.2, 0.25) is 0 Å². The molecule has 0 aliphatic rings. The first-order valence-corrected chi connectivity index (χ1v) is 25.5. The van der Waals surface area contributed by atoms with Gasteiger partial charge in [0.2, 0.25) is 0 Å². The van der Waals surface area contributed by atoms with Crippen molar-refractivity contribution in [3.63, 3.8) is 0 Å². The molecule has 0 aromatic heterocycles. The van der Waals surface area contributed by atoms with E-state index in [-0.39, 0.29) is 44.0 Å². The Morgan fingerprint density at radius 2 is 0.625 bits per heavy atom. The van der Waals surface area contributed by atoms with Crippen LogP contribution in [0.25, 0.3) is 0 Å². The van der Waals surface area contributed by atoms with E-state index in [0.717, 1.165) is 141 Å². The minimum atomic E-state index is -0.819. The van der Waals surface area contributed by atoms with Crippen LogP contribution in [0.1, 0.15) is 207 Å². The van der Waals surface area contributed by atoms with Gasteiger partial charge in [0.1, 0.15) is 13.2 Å². The number of hydrogen-bond acceptors (Lipinski definition) is 6. The Hall–Kier alpha value is -4.19. The SMILES string of the molecule is CC/C=C\C/C=C\C/C=C\C/C=C\C/C=C\CCCC(=O)OC[C@@H](COC(=O)CCCCCCC/C=C\C/C=C\CCCC)OC(=O)CCCCCCC/C=C\C/C=C\C/C=C\CC. The van der Waals surface area contributed by atoms with Crippen molar-refractivity contribution in [2.75, 3.05) is 13.2 Å². The lowest BCUT2D eigenvalue weighted by Gasteiger charge is -2.18. The largest absolute Gasteiger partial charge is 0.462 e. The monoisotopic (exact) mass is 885 g/mol. The van der Waals surface area contributed by atoms with Gasteiger partial charge in [0.25, 0.3) is 0 Å². The molecule has 0 aromatic carbocycles. The molecular weight excluding hydrogens is 793 g/mol. The molecule has 1 atom stereocenters. The third-order valence-corrected chi connectivity index (χ3v) is 10.2. The molecule has 0 saturated carbocycles. The Morgan fingerprint density at radius 1 is 0.328 bits per heavy atom. The van der Waals surface area contributed by atoms with E-state index in [0.29, 0.717) is 12.8 Å². The van der Waals surface area contributed by atoms with Crippen molar-refractivity contribution in [1.82, 2.24) is 0 Å². The summed E-state index contributed by atoms with van der Waals surface area (Å²) in [7, 11) is 0. The predicted octanol–water partition coefficient (Wildman–Crippen LogP) is 16.9. The fourth-order valence-corrected chi connectivity index (χ4v) is 6.39. The van der Waals surface area contributed by atoms with Crippen LogP contribution in [0.3, 0.4) is 0 Å². The van der Waals surface area contributed by atoms with Crippen LogP contribution >= 0.6 is 0 Å². The van der Waals surface area contributed by atoms with Crippen LogP contribution in [-0.4, -0.2) is 37.2 Å². The van der Waals surface area contributed by atoms with E-state index in [4.69, 9.17) is 14.2 Å². The molecule has 0 unspecified atom stereocenters. The van der Waals surface area contributed by atoms with Crippen molar-refractivity contribution in [3.8, 4) is 0 Å². The first-order chi connectivity index (χ1) is 31.5. The standard InChI is InChI=1S/C58H92O6/c1-4-7-10-13-16-19-22-25-28-29-31-33-36-39-42-45-48-51-57(60)63-54-55(53-62-56(59)50-47-44-41-38-35-32-27-24-21-18-15-12-9-6-3)64-58(61)52-49-46-43-40-37-34-30-26-23-20-17-14-11-8-5-2/h7-8,10-11,15-20,24-28,30-31,33,39,42,55H,4-6,9,12-14,21-23,29,32,34-38,40-41,43-54H2,1-3H3/b10-7-,11-8-,18-15-,19-16-,20-17-,27-24-,28-25-,30-26-,33-31-,42-39-/t55-/m1/s1. The Bertz CT molecular complexity index is 1390. The summed E-state index contributed by atoms with van der Waals surface area (Å²) in [5.41, 5.74) is 0. The second kappa shape index (κ2) is 51.4. The molecule has 0 saturated heterocycles. The summed E-state index contributed by atoms with van der Waals surface area (Å²) in [6.07, 6.45) is 70.4. The van der Waals surface area contributed by atoms with Crippen molar-refractivity contribution in [1.29, 1.82) is 0 Å². The van der Waals surface area contributed by atoms with Crippen LogP contribution in [0.5, 0.6) is 0 Å². The van der Waals surface area contributed by atoms with Gasteiger partial charge in [-0.1, -0.05) is 194 Å². The molecular formula is C58H92O6. The smallest absolute Gasteiger partial charge is 0.306 e. The normalized spacial score (nSPS) is 13.1. The van der Waals surface area contributed by atoms with Gasteiger partial charge in [0.05, 0.1) is 0 Å². The molecule has 6 nitrogen and oxygen atoms in total. The molecule has 0 spiro atoms. The minimum absolute atomic E-state index is 0.114. The van der Waals surface area contributed by atoms with Crippen molar-refractivity contribution in [3.05, 3.63) is 122 Å². The van der Waals surface area contributed by atoms with Crippen molar-refractivity contribution >= 4 is 17.9 Å². The van der Waals surface area contributed by atoms with Gasteiger partial charge in [-0.25, -0.2) is 0 Å². The molecule has 0 amide bonds. The quantitative estimate of drug-likeness (QED) is 0.0262. The van der Waals surface area contributed by atoms with E-state index < -0.39 is 6.10 Å². The van der Waals surface area contributed by atoms with Gasteiger partial charge in [0, 0.05) is 19.3 Å². The summed E-state index contributed by atoms with van der Waals surface area (Å²) in [6.45, 7) is 6.27. The highest BCUT2D eigenvalue weighted by molar-refractivity contribution is 5.71. The zero-order valence-electron chi connectivity index (χ0n) is 41.0. The highest BCUT2D eigenvalue weighted by Gasteiger charge is 2.19. The van der Waals surface area contributed by atoms with Crippen molar-refractivity contribution in [2.45, 2.75) is 213 Å². The highest BCUT2D eigenvalue weighted by atomic mass is 16.6. The van der Waals surface area contributed by atoms with Gasteiger partial charge >= 0.3 is 17.9 Å². The van der Waals surface area contributed by atoms with Gasteiger partial charge < -0.3 is 14.2 Å². The van der Waals surface area contributed by atoms with E-state index >= 15 is 0 Å². The van der Waals surface area contributed by atoms with E-state index in [9.17, 15) is 14.4 Å².